The Morgan fingerprint density at radius 2 is 1.92 bits per heavy atom. The third-order valence-electron chi connectivity index (χ3n) is 3.07. The average Bonchev–Trinajstić information content (AvgIpc) is 2.59. The van der Waals surface area contributed by atoms with Crippen LogP contribution in [-0.4, -0.2) is 26.9 Å². The van der Waals surface area contributed by atoms with E-state index in [1.165, 1.54) is 13.2 Å². The molecular formula is C18H18ClNO4. The van der Waals surface area contributed by atoms with Gasteiger partial charge in [0, 0.05) is 18.2 Å². The van der Waals surface area contributed by atoms with Crippen LogP contribution in [0.25, 0.3) is 6.08 Å². The van der Waals surface area contributed by atoms with E-state index < -0.39 is 0 Å². The Hall–Kier alpha value is -2.50. The zero-order chi connectivity index (χ0) is 17.4. The van der Waals surface area contributed by atoms with Crippen molar-refractivity contribution in [2.45, 2.75) is 0 Å². The second-order valence-corrected chi connectivity index (χ2v) is 5.22. The zero-order valence-electron chi connectivity index (χ0n) is 13.4. The first-order valence-electron chi connectivity index (χ1n) is 7.17. The van der Waals surface area contributed by atoms with E-state index in [1.807, 2.05) is 12.1 Å². The number of rotatable bonds is 7. The first kappa shape index (κ1) is 17.8. The summed E-state index contributed by atoms with van der Waals surface area (Å²) in [5, 5.41) is 3.25. The Morgan fingerprint density at radius 1 is 1.17 bits per heavy atom. The fraction of sp³-hybridized carbons (Fsp3) is 0.167. The minimum atomic E-state index is -0.282. The maximum atomic E-state index is 12.0. The van der Waals surface area contributed by atoms with E-state index in [1.54, 1.807) is 43.5 Å². The molecule has 0 spiro atoms. The monoisotopic (exact) mass is 347 g/mol. The molecule has 0 saturated carbocycles. The molecule has 126 valence electrons. The highest BCUT2D eigenvalue weighted by molar-refractivity contribution is 6.31. The van der Waals surface area contributed by atoms with Gasteiger partial charge in [-0.1, -0.05) is 23.7 Å². The summed E-state index contributed by atoms with van der Waals surface area (Å²) in [6.45, 7) is 0.194. The molecule has 0 aliphatic carbocycles. The van der Waals surface area contributed by atoms with Gasteiger partial charge in [0.05, 0.1) is 12.8 Å². The zero-order valence-corrected chi connectivity index (χ0v) is 14.2. The number of carbonyl (C=O) groups excluding carboxylic acids is 1. The van der Waals surface area contributed by atoms with Crippen LogP contribution in [-0.2, 0) is 9.53 Å². The van der Waals surface area contributed by atoms with Crippen LogP contribution in [0, 0.1) is 0 Å². The molecule has 1 amide bonds. The third-order valence-corrected chi connectivity index (χ3v) is 3.31. The first-order valence-corrected chi connectivity index (χ1v) is 7.54. The number of hydrogen-bond acceptors (Lipinski definition) is 4. The molecule has 2 rings (SSSR count). The lowest BCUT2D eigenvalue weighted by Crippen LogP contribution is -2.08. The van der Waals surface area contributed by atoms with Crippen molar-refractivity contribution in [2.75, 3.05) is 26.3 Å². The molecule has 0 aromatic heterocycles. The lowest BCUT2D eigenvalue weighted by molar-refractivity contribution is -0.111. The fourth-order valence-electron chi connectivity index (χ4n) is 1.93. The lowest BCUT2D eigenvalue weighted by Gasteiger charge is -2.09. The minimum Gasteiger partial charge on any atom is -0.495 e. The maximum Gasteiger partial charge on any atom is 0.248 e. The van der Waals surface area contributed by atoms with Crippen LogP contribution in [0.3, 0.4) is 0 Å². The number of benzene rings is 2. The summed E-state index contributed by atoms with van der Waals surface area (Å²) in [7, 11) is 3.09. The summed E-state index contributed by atoms with van der Waals surface area (Å²) in [6, 6.07) is 12.3. The summed E-state index contributed by atoms with van der Waals surface area (Å²) < 4.78 is 15.3. The number of ether oxygens (including phenoxy) is 3. The van der Waals surface area contributed by atoms with Gasteiger partial charge in [0.2, 0.25) is 5.91 Å². The van der Waals surface area contributed by atoms with Gasteiger partial charge < -0.3 is 19.5 Å². The van der Waals surface area contributed by atoms with Crippen molar-refractivity contribution >= 4 is 29.3 Å². The molecule has 5 nitrogen and oxygen atoms in total. The van der Waals surface area contributed by atoms with E-state index >= 15 is 0 Å². The van der Waals surface area contributed by atoms with Crippen molar-refractivity contribution in [1.82, 2.24) is 0 Å². The molecular weight excluding hydrogens is 330 g/mol. The topological polar surface area (TPSA) is 56.8 Å². The quantitative estimate of drug-likeness (QED) is 0.608. The lowest BCUT2D eigenvalue weighted by atomic mass is 10.2. The minimum absolute atomic E-state index is 0.194. The van der Waals surface area contributed by atoms with Crippen molar-refractivity contribution in [3.63, 3.8) is 0 Å². The fourth-order valence-corrected chi connectivity index (χ4v) is 2.10. The van der Waals surface area contributed by atoms with Crippen LogP contribution in [0.15, 0.2) is 48.5 Å². The number of anilines is 1. The first-order chi connectivity index (χ1) is 11.6. The Balaban J connectivity index is 1.99. The van der Waals surface area contributed by atoms with Gasteiger partial charge in [0.1, 0.15) is 11.5 Å². The average molecular weight is 348 g/mol. The molecule has 0 saturated heterocycles. The van der Waals surface area contributed by atoms with Gasteiger partial charge in [-0.25, -0.2) is 0 Å². The largest absolute Gasteiger partial charge is 0.495 e. The molecule has 0 heterocycles. The number of hydrogen-bond donors (Lipinski definition) is 1. The highest BCUT2D eigenvalue weighted by atomic mass is 35.5. The third kappa shape index (κ3) is 5.30. The van der Waals surface area contributed by atoms with E-state index in [2.05, 4.69) is 5.32 Å². The van der Waals surface area contributed by atoms with E-state index in [-0.39, 0.29) is 12.7 Å². The van der Waals surface area contributed by atoms with E-state index in [4.69, 9.17) is 25.8 Å². The Morgan fingerprint density at radius 3 is 2.58 bits per heavy atom. The van der Waals surface area contributed by atoms with E-state index in [9.17, 15) is 4.79 Å². The van der Waals surface area contributed by atoms with Crippen LogP contribution in [0.5, 0.6) is 11.5 Å². The van der Waals surface area contributed by atoms with Crippen molar-refractivity contribution in [2.24, 2.45) is 0 Å². The SMILES string of the molecule is COCOc1ccc(/C=C/C(=O)Nc2cc(Cl)ccc2OC)cc1. The van der Waals surface area contributed by atoms with Crippen LogP contribution >= 0.6 is 11.6 Å². The standard InChI is InChI=1S/C18H18ClNO4/c1-22-12-24-15-7-3-13(4-8-15)5-10-18(21)20-16-11-14(19)6-9-17(16)23-2/h3-11H,12H2,1-2H3,(H,20,21)/b10-5+. The van der Waals surface area contributed by atoms with Crippen molar-refractivity contribution in [3.8, 4) is 11.5 Å². The molecule has 0 unspecified atom stereocenters. The normalized spacial score (nSPS) is 10.6. The van der Waals surface area contributed by atoms with Crippen molar-refractivity contribution < 1.29 is 19.0 Å². The second-order valence-electron chi connectivity index (χ2n) is 4.79. The molecule has 24 heavy (non-hydrogen) atoms. The van der Waals surface area contributed by atoms with Gasteiger partial charge in [-0.3, -0.25) is 4.79 Å². The number of methoxy groups -OCH3 is 2. The van der Waals surface area contributed by atoms with Gasteiger partial charge in [0.25, 0.3) is 0 Å². The predicted octanol–water partition coefficient (Wildman–Crippen LogP) is 3.98. The summed E-state index contributed by atoms with van der Waals surface area (Å²) in [6.07, 6.45) is 3.14. The number of carbonyl (C=O) groups is 1. The summed E-state index contributed by atoms with van der Waals surface area (Å²) in [4.78, 5) is 12.0. The van der Waals surface area contributed by atoms with E-state index in [0.29, 0.717) is 22.2 Å². The highest BCUT2D eigenvalue weighted by Gasteiger charge is 2.06. The summed E-state index contributed by atoms with van der Waals surface area (Å²) >= 11 is 5.94. The predicted molar refractivity (Wildman–Crippen MR) is 94.6 cm³/mol. The van der Waals surface area contributed by atoms with Crippen LogP contribution in [0.1, 0.15) is 5.56 Å². The smallest absolute Gasteiger partial charge is 0.248 e. The molecule has 0 aliphatic heterocycles. The molecule has 0 atom stereocenters. The van der Waals surface area contributed by atoms with Gasteiger partial charge in [-0.05, 0) is 42.0 Å². The second kappa shape index (κ2) is 8.96. The van der Waals surface area contributed by atoms with E-state index in [0.717, 1.165) is 5.56 Å². The molecule has 0 aliphatic rings. The molecule has 6 heteroatoms. The molecule has 2 aromatic carbocycles. The van der Waals surface area contributed by atoms with Crippen molar-refractivity contribution in [1.29, 1.82) is 0 Å². The molecule has 0 radical (unpaired) electrons. The van der Waals surface area contributed by atoms with Gasteiger partial charge in [0.15, 0.2) is 6.79 Å². The molecule has 0 fully saturated rings. The van der Waals surface area contributed by atoms with Gasteiger partial charge in [-0.2, -0.15) is 0 Å². The van der Waals surface area contributed by atoms with Crippen LogP contribution < -0.4 is 14.8 Å². The van der Waals surface area contributed by atoms with Crippen LogP contribution in [0.2, 0.25) is 5.02 Å². The number of halogens is 1. The van der Waals surface area contributed by atoms with Gasteiger partial charge >= 0.3 is 0 Å². The Bertz CT molecular complexity index is 713. The van der Waals surface area contributed by atoms with Crippen molar-refractivity contribution in [3.05, 3.63) is 59.1 Å². The highest BCUT2D eigenvalue weighted by Crippen LogP contribution is 2.27. The Kier molecular flexibility index (Phi) is 6.66. The maximum absolute atomic E-state index is 12.0. The number of amides is 1. The summed E-state index contributed by atoms with van der Waals surface area (Å²) in [5.74, 6) is 0.957. The number of nitrogens with one attached hydrogen (secondary N) is 1. The molecule has 2 aromatic rings. The van der Waals surface area contributed by atoms with Crippen LogP contribution in [0.4, 0.5) is 5.69 Å². The summed E-state index contributed by atoms with van der Waals surface area (Å²) in [5.41, 5.74) is 1.39. The molecule has 1 N–H and O–H groups in total. The molecule has 0 bridgehead atoms. The van der Waals surface area contributed by atoms with Gasteiger partial charge in [-0.15, -0.1) is 0 Å². The Labute approximate surface area is 145 Å².